The second-order valence-electron chi connectivity index (χ2n) is 6.17. The van der Waals surface area contributed by atoms with Crippen LogP contribution >= 0.6 is 0 Å². The third kappa shape index (κ3) is 2.48. The predicted octanol–water partition coefficient (Wildman–Crippen LogP) is 2.43. The highest BCUT2D eigenvalue weighted by Crippen LogP contribution is 2.34. The van der Waals surface area contributed by atoms with Crippen LogP contribution in [0.3, 0.4) is 0 Å². The normalized spacial score (nSPS) is 12.0. The van der Waals surface area contributed by atoms with E-state index in [1.165, 1.54) is 4.68 Å². The smallest absolute Gasteiger partial charge is 0.235 e. The molecule has 0 aliphatic rings. The van der Waals surface area contributed by atoms with Crippen LogP contribution < -0.4 is 10.1 Å². The van der Waals surface area contributed by atoms with Crippen molar-refractivity contribution >= 4 is 22.4 Å². The van der Waals surface area contributed by atoms with Gasteiger partial charge in [0.2, 0.25) is 5.88 Å². The number of aromatic nitrogens is 4. The van der Waals surface area contributed by atoms with E-state index in [1.54, 1.807) is 58.1 Å². The number of rotatable bonds is 4. The number of nitrogens with one attached hydrogen (secondary N) is 1. The van der Waals surface area contributed by atoms with Crippen LogP contribution in [0, 0.1) is 5.82 Å². The summed E-state index contributed by atoms with van der Waals surface area (Å²) in [5.74, 6) is 0.545. The standard InChI is InChI=1S/C16H20FN5O2/c1-16(2,23)10-7-6-9-13(12(10)17)21(3)20-14(9)19-11-8-18-22(4)15(11)24-5/h6-8,23H,1-5H3,(H,19,20). The molecule has 0 saturated carbocycles. The van der Waals surface area contributed by atoms with Gasteiger partial charge < -0.3 is 15.2 Å². The van der Waals surface area contributed by atoms with Crippen molar-refractivity contribution in [1.82, 2.24) is 19.6 Å². The summed E-state index contributed by atoms with van der Waals surface area (Å²) in [5, 5.41) is 22.3. The summed E-state index contributed by atoms with van der Waals surface area (Å²) in [7, 11) is 4.97. The van der Waals surface area contributed by atoms with E-state index < -0.39 is 11.4 Å². The molecule has 8 heteroatoms. The van der Waals surface area contributed by atoms with Gasteiger partial charge in [0.15, 0.2) is 11.6 Å². The molecule has 0 atom stereocenters. The highest BCUT2D eigenvalue weighted by Gasteiger charge is 2.25. The second-order valence-corrected chi connectivity index (χ2v) is 6.17. The molecule has 0 saturated heterocycles. The molecule has 0 aliphatic carbocycles. The van der Waals surface area contributed by atoms with Gasteiger partial charge in [0.05, 0.1) is 18.9 Å². The van der Waals surface area contributed by atoms with Gasteiger partial charge in [-0.05, 0) is 19.9 Å². The van der Waals surface area contributed by atoms with Gasteiger partial charge in [0.25, 0.3) is 0 Å². The van der Waals surface area contributed by atoms with Crippen molar-refractivity contribution in [3.05, 3.63) is 29.7 Å². The third-order valence-corrected chi connectivity index (χ3v) is 3.93. The Morgan fingerprint density at radius 1 is 1.25 bits per heavy atom. The summed E-state index contributed by atoms with van der Waals surface area (Å²) < 4.78 is 23.2. The molecule has 0 unspecified atom stereocenters. The lowest BCUT2D eigenvalue weighted by Gasteiger charge is -2.18. The summed E-state index contributed by atoms with van der Waals surface area (Å²) in [6, 6.07) is 3.31. The molecule has 0 radical (unpaired) electrons. The number of aliphatic hydroxyl groups is 1. The lowest BCUT2D eigenvalue weighted by Crippen LogP contribution is -2.18. The summed E-state index contributed by atoms with van der Waals surface area (Å²) in [4.78, 5) is 0. The Hall–Kier alpha value is -2.61. The molecule has 3 rings (SSSR count). The predicted molar refractivity (Wildman–Crippen MR) is 89.0 cm³/mol. The van der Waals surface area contributed by atoms with E-state index in [0.29, 0.717) is 28.3 Å². The highest BCUT2D eigenvalue weighted by atomic mass is 19.1. The largest absolute Gasteiger partial charge is 0.480 e. The maximum atomic E-state index is 14.8. The summed E-state index contributed by atoms with van der Waals surface area (Å²) >= 11 is 0. The van der Waals surface area contributed by atoms with E-state index in [-0.39, 0.29) is 5.56 Å². The Labute approximate surface area is 138 Å². The van der Waals surface area contributed by atoms with Crippen molar-refractivity contribution < 1.29 is 14.2 Å². The molecule has 3 aromatic rings. The molecule has 7 nitrogen and oxygen atoms in total. The summed E-state index contributed by atoms with van der Waals surface area (Å²) in [6.45, 7) is 3.10. The molecule has 0 amide bonds. The summed E-state index contributed by atoms with van der Waals surface area (Å²) in [6.07, 6.45) is 1.61. The first-order valence-corrected chi connectivity index (χ1v) is 7.45. The first kappa shape index (κ1) is 16.3. The van der Waals surface area contributed by atoms with E-state index in [4.69, 9.17) is 4.74 Å². The van der Waals surface area contributed by atoms with Crippen LogP contribution in [0.5, 0.6) is 5.88 Å². The summed E-state index contributed by atoms with van der Waals surface area (Å²) in [5.41, 5.74) is -0.0987. The van der Waals surface area contributed by atoms with Gasteiger partial charge >= 0.3 is 0 Å². The van der Waals surface area contributed by atoms with Gasteiger partial charge in [0.1, 0.15) is 11.2 Å². The van der Waals surface area contributed by atoms with Crippen molar-refractivity contribution in [3.8, 4) is 5.88 Å². The van der Waals surface area contributed by atoms with Crippen molar-refractivity contribution in [3.63, 3.8) is 0 Å². The molecular formula is C16H20FN5O2. The monoisotopic (exact) mass is 333 g/mol. The fraction of sp³-hybridized carbons (Fsp3) is 0.375. The molecule has 2 N–H and O–H groups in total. The minimum atomic E-state index is -1.28. The Kier molecular flexibility index (Phi) is 3.71. The average Bonchev–Trinajstić information content (AvgIpc) is 2.99. The van der Waals surface area contributed by atoms with Crippen LogP contribution in [0.1, 0.15) is 19.4 Å². The highest BCUT2D eigenvalue weighted by molar-refractivity contribution is 5.93. The fourth-order valence-electron chi connectivity index (χ4n) is 2.77. The van der Waals surface area contributed by atoms with Gasteiger partial charge in [0, 0.05) is 25.0 Å². The van der Waals surface area contributed by atoms with Crippen molar-refractivity contribution in [2.75, 3.05) is 12.4 Å². The number of benzene rings is 1. The molecule has 128 valence electrons. The minimum absolute atomic E-state index is 0.225. The van der Waals surface area contributed by atoms with Gasteiger partial charge in [-0.3, -0.25) is 4.68 Å². The molecule has 1 aromatic carbocycles. The zero-order valence-electron chi connectivity index (χ0n) is 14.3. The zero-order valence-corrected chi connectivity index (χ0v) is 14.3. The van der Waals surface area contributed by atoms with Crippen molar-refractivity contribution in [1.29, 1.82) is 0 Å². The number of ether oxygens (including phenoxy) is 1. The van der Waals surface area contributed by atoms with Crippen LogP contribution in [0.25, 0.3) is 10.9 Å². The molecule has 0 bridgehead atoms. The van der Waals surface area contributed by atoms with Crippen LogP contribution in [0.15, 0.2) is 18.3 Å². The number of hydrogen-bond donors (Lipinski definition) is 2. The zero-order chi connectivity index (χ0) is 17.6. The average molecular weight is 333 g/mol. The lowest BCUT2D eigenvalue weighted by atomic mass is 9.96. The lowest BCUT2D eigenvalue weighted by molar-refractivity contribution is 0.0748. The number of halogens is 1. The fourth-order valence-corrected chi connectivity index (χ4v) is 2.77. The molecule has 24 heavy (non-hydrogen) atoms. The maximum absolute atomic E-state index is 14.8. The van der Waals surface area contributed by atoms with Crippen LogP contribution in [-0.4, -0.2) is 31.8 Å². The van der Waals surface area contributed by atoms with E-state index in [9.17, 15) is 9.50 Å². The van der Waals surface area contributed by atoms with Gasteiger partial charge in [-0.15, -0.1) is 0 Å². The third-order valence-electron chi connectivity index (χ3n) is 3.93. The van der Waals surface area contributed by atoms with E-state index >= 15 is 0 Å². The van der Waals surface area contributed by atoms with Gasteiger partial charge in [-0.2, -0.15) is 10.2 Å². The number of fused-ring (bicyclic) bond motifs is 1. The first-order valence-electron chi connectivity index (χ1n) is 7.45. The Balaban J connectivity index is 2.12. The Bertz CT molecular complexity index is 907. The Morgan fingerprint density at radius 2 is 1.96 bits per heavy atom. The van der Waals surface area contributed by atoms with Crippen LogP contribution in [0.4, 0.5) is 15.9 Å². The minimum Gasteiger partial charge on any atom is -0.480 e. The molecular weight excluding hydrogens is 313 g/mol. The first-order chi connectivity index (χ1) is 11.2. The molecule has 0 fully saturated rings. The van der Waals surface area contributed by atoms with Gasteiger partial charge in [-0.1, -0.05) is 6.07 Å². The topological polar surface area (TPSA) is 77.1 Å². The second kappa shape index (κ2) is 5.48. The number of hydrogen-bond acceptors (Lipinski definition) is 5. The molecule has 0 spiro atoms. The van der Waals surface area contributed by atoms with Crippen LogP contribution in [0.2, 0.25) is 0 Å². The van der Waals surface area contributed by atoms with Crippen molar-refractivity contribution in [2.45, 2.75) is 19.4 Å². The molecule has 0 aliphatic heterocycles. The van der Waals surface area contributed by atoms with E-state index in [2.05, 4.69) is 15.5 Å². The SMILES string of the molecule is COc1c(Nc2nn(C)c3c(F)c(C(C)(C)O)ccc23)cnn1C. The van der Waals surface area contributed by atoms with E-state index in [1.807, 2.05) is 0 Å². The molecule has 2 aromatic heterocycles. The van der Waals surface area contributed by atoms with E-state index in [0.717, 1.165) is 0 Å². The number of aryl methyl sites for hydroxylation is 2. The quantitative estimate of drug-likeness (QED) is 0.767. The van der Waals surface area contributed by atoms with Gasteiger partial charge in [-0.25, -0.2) is 9.07 Å². The number of nitrogens with zero attached hydrogens (tertiary/aromatic N) is 4. The molecule has 2 heterocycles. The maximum Gasteiger partial charge on any atom is 0.235 e. The number of methoxy groups -OCH3 is 1. The van der Waals surface area contributed by atoms with Crippen LogP contribution in [-0.2, 0) is 19.7 Å². The Morgan fingerprint density at radius 3 is 2.58 bits per heavy atom. The number of anilines is 2. The van der Waals surface area contributed by atoms with Crippen molar-refractivity contribution in [2.24, 2.45) is 14.1 Å².